The molecule has 1 saturated heterocycles. The second-order valence-corrected chi connectivity index (χ2v) is 6.89. The minimum Gasteiger partial charge on any atom is -0.495 e. The molecule has 112 valence electrons. The van der Waals surface area contributed by atoms with E-state index in [4.69, 9.17) is 4.74 Å². The molecule has 0 aromatic heterocycles. The Morgan fingerprint density at radius 2 is 1.95 bits per heavy atom. The summed E-state index contributed by atoms with van der Waals surface area (Å²) in [5.41, 5.74) is 0.934. The number of nitrogens with zero attached hydrogens (tertiary/aromatic N) is 1. The maximum atomic E-state index is 12.7. The van der Waals surface area contributed by atoms with Crippen molar-refractivity contribution in [1.29, 1.82) is 0 Å². The van der Waals surface area contributed by atoms with Crippen molar-refractivity contribution in [2.75, 3.05) is 27.2 Å². The zero-order valence-corrected chi connectivity index (χ0v) is 12.9. The lowest BCUT2D eigenvalue weighted by atomic mass is 10.2. The average Bonchev–Trinajstić information content (AvgIpc) is 2.48. The zero-order chi connectivity index (χ0) is 14.6. The molecular formula is C14H22N2O3S. The van der Waals surface area contributed by atoms with Gasteiger partial charge >= 0.3 is 0 Å². The Labute approximate surface area is 121 Å². The van der Waals surface area contributed by atoms with Gasteiger partial charge in [0.2, 0.25) is 10.0 Å². The van der Waals surface area contributed by atoms with Crippen molar-refractivity contribution in [3.05, 3.63) is 23.8 Å². The van der Waals surface area contributed by atoms with Gasteiger partial charge in [-0.2, -0.15) is 4.31 Å². The first-order valence-corrected chi connectivity index (χ1v) is 8.35. The van der Waals surface area contributed by atoms with Gasteiger partial charge in [-0.3, -0.25) is 0 Å². The quantitative estimate of drug-likeness (QED) is 0.897. The maximum Gasteiger partial charge on any atom is 0.246 e. The van der Waals surface area contributed by atoms with E-state index in [0.29, 0.717) is 25.4 Å². The summed E-state index contributed by atoms with van der Waals surface area (Å²) in [6, 6.07) is 5.31. The van der Waals surface area contributed by atoms with E-state index in [-0.39, 0.29) is 4.90 Å². The summed E-state index contributed by atoms with van der Waals surface area (Å²) in [4.78, 5) is 0.273. The fourth-order valence-electron chi connectivity index (χ4n) is 2.48. The summed E-state index contributed by atoms with van der Waals surface area (Å²) in [7, 11) is -0.126. The molecule has 1 fully saturated rings. The Bertz CT molecular complexity index is 552. The van der Waals surface area contributed by atoms with E-state index < -0.39 is 10.0 Å². The molecule has 6 heteroatoms. The molecule has 5 nitrogen and oxygen atoms in total. The number of hydrogen-bond donors (Lipinski definition) is 1. The fraction of sp³-hybridized carbons (Fsp3) is 0.571. The Kier molecular flexibility index (Phi) is 5.01. The summed E-state index contributed by atoms with van der Waals surface area (Å²) in [6.45, 7) is 1.83. The van der Waals surface area contributed by atoms with Gasteiger partial charge < -0.3 is 10.1 Å². The third-order valence-corrected chi connectivity index (χ3v) is 5.46. The highest BCUT2D eigenvalue weighted by Gasteiger charge is 2.28. The van der Waals surface area contributed by atoms with Crippen molar-refractivity contribution in [2.24, 2.45) is 0 Å². The van der Waals surface area contributed by atoms with Crippen LogP contribution < -0.4 is 10.1 Å². The van der Waals surface area contributed by atoms with Crippen LogP contribution in [0.1, 0.15) is 24.8 Å². The van der Waals surface area contributed by atoms with Crippen molar-refractivity contribution in [2.45, 2.75) is 30.7 Å². The van der Waals surface area contributed by atoms with Gasteiger partial charge in [0.1, 0.15) is 10.6 Å². The number of ether oxygens (including phenoxy) is 1. The molecule has 1 N–H and O–H groups in total. The van der Waals surface area contributed by atoms with Crippen molar-refractivity contribution in [3.63, 3.8) is 0 Å². The number of methoxy groups -OCH3 is 1. The number of nitrogens with one attached hydrogen (secondary N) is 1. The van der Waals surface area contributed by atoms with Crippen LogP contribution in [0.15, 0.2) is 23.1 Å². The SMILES string of the molecule is CNCc1ccc(OC)c(S(=O)(=O)N2CCCCC2)c1. The molecule has 0 unspecified atom stereocenters. The lowest BCUT2D eigenvalue weighted by molar-refractivity contribution is 0.342. The standard InChI is InChI=1S/C14H22N2O3S/c1-15-11-12-6-7-13(19-2)14(10-12)20(17,18)16-8-4-3-5-9-16/h6-7,10,15H,3-5,8-9,11H2,1-2H3. The van der Waals surface area contributed by atoms with Crippen LogP contribution in [-0.2, 0) is 16.6 Å². The highest BCUT2D eigenvalue weighted by Crippen LogP contribution is 2.29. The van der Waals surface area contributed by atoms with Crippen molar-refractivity contribution in [1.82, 2.24) is 9.62 Å². The Morgan fingerprint density at radius 3 is 2.55 bits per heavy atom. The van der Waals surface area contributed by atoms with Crippen molar-refractivity contribution >= 4 is 10.0 Å². The molecule has 0 atom stereocenters. The highest BCUT2D eigenvalue weighted by atomic mass is 32.2. The van der Waals surface area contributed by atoms with Crippen LogP contribution in [-0.4, -0.2) is 40.0 Å². The molecule has 0 aliphatic carbocycles. The van der Waals surface area contributed by atoms with Crippen LogP contribution in [0.2, 0.25) is 0 Å². The Balaban J connectivity index is 2.39. The number of rotatable bonds is 5. The molecule has 20 heavy (non-hydrogen) atoms. The van der Waals surface area contributed by atoms with Gasteiger partial charge in [-0.15, -0.1) is 0 Å². The van der Waals surface area contributed by atoms with E-state index in [9.17, 15) is 8.42 Å². The first kappa shape index (κ1) is 15.3. The molecule has 0 spiro atoms. The third-order valence-electron chi connectivity index (χ3n) is 3.54. The largest absolute Gasteiger partial charge is 0.495 e. The second kappa shape index (κ2) is 6.56. The summed E-state index contributed by atoms with van der Waals surface area (Å²) in [5.74, 6) is 0.412. The number of sulfonamides is 1. The molecule has 1 aromatic rings. The molecule has 0 bridgehead atoms. The van der Waals surface area contributed by atoms with Gasteiger partial charge in [-0.1, -0.05) is 12.5 Å². The minimum atomic E-state index is -3.47. The van der Waals surface area contributed by atoms with Crippen LogP contribution in [0.3, 0.4) is 0 Å². The summed E-state index contributed by atoms with van der Waals surface area (Å²) >= 11 is 0. The lowest BCUT2D eigenvalue weighted by Gasteiger charge is -2.26. The van der Waals surface area contributed by atoms with Crippen LogP contribution in [0.5, 0.6) is 5.75 Å². The predicted molar refractivity (Wildman–Crippen MR) is 78.4 cm³/mol. The number of piperidine rings is 1. The summed E-state index contributed by atoms with van der Waals surface area (Å²) < 4.78 is 32.3. The van der Waals surface area contributed by atoms with Gasteiger partial charge in [0, 0.05) is 19.6 Å². The van der Waals surface area contributed by atoms with E-state index >= 15 is 0 Å². The minimum absolute atomic E-state index is 0.273. The van der Waals surface area contributed by atoms with Crippen LogP contribution in [0.4, 0.5) is 0 Å². The molecule has 0 radical (unpaired) electrons. The highest BCUT2D eigenvalue weighted by molar-refractivity contribution is 7.89. The van der Waals surface area contributed by atoms with E-state index in [2.05, 4.69) is 5.32 Å². The predicted octanol–water partition coefficient (Wildman–Crippen LogP) is 1.59. The monoisotopic (exact) mass is 298 g/mol. The van der Waals surface area contributed by atoms with Crippen molar-refractivity contribution < 1.29 is 13.2 Å². The molecule has 0 saturated carbocycles. The first-order chi connectivity index (χ1) is 9.59. The van der Waals surface area contributed by atoms with Crippen molar-refractivity contribution in [3.8, 4) is 5.75 Å². The number of benzene rings is 1. The fourth-order valence-corrected chi connectivity index (χ4v) is 4.20. The van der Waals surface area contributed by atoms with E-state index in [1.54, 1.807) is 16.4 Å². The van der Waals surface area contributed by atoms with Crippen LogP contribution in [0.25, 0.3) is 0 Å². The third kappa shape index (κ3) is 3.13. The smallest absolute Gasteiger partial charge is 0.246 e. The van der Waals surface area contributed by atoms with Gasteiger partial charge in [-0.25, -0.2) is 8.42 Å². The average molecular weight is 298 g/mol. The normalized spacial score (nSPS) is 17.1. The van der Waals surface area contributed by atoms with E-state index in [0.717, 1.165) is 24.8 Å². The molecule has 1 aliphatic rings. The second-order valence-electron chi connectivity index (χ2n) is 4.98. The zero-order valence-electron chi connectivity index (χ0n) is 12.1. The topological polar surface area (TPSA) is 58.6 Å². The molecule has 1 heterocycles. The van der Waals surface area contributed by atoms with Crippen LogP contribution >= 0.6 is 0 Å². The molecule has 0 amide bonds. The summed E-state index contributed by atoms with van der Waals surface area (Å²) in [6.07, 6.45) is 2.96. The molecule has 1 aromatic carbocycles. The van der Waals surface area contributed by atoms with E-state index in [1.807, 2.05) is 13.1 Å². The lowest BCUT2D eigenvalue weighted by Crippen LogP contribution is -2.35. The molecule has 2 rings (SSSR count). The van der Waals surface area contributed by atoms with Crippen LogP contribution in [0, 0.1) is 0 Å². The maximum absolute atomic E-state index is 12.7. The van der Waals surface area contributed by atoms with Gasteiger partial charge in [0.25, 0.3) is 0 Å². The first-order valence-electron chi connectivity index (χ1n) is 6.91. The Hall–Kier alpha value is -1.11. The summed E-state index contributed by atoms with van der Waals surface area (Å²) in [5, 5.41) is 3.03. The Morgan fingerprint density at radius 1 is 1.25 bits per heavy atom. The van der Waals surface area contributed by atoms with Gasteiger partial charge in [0.05, 0.1) is 7.11 Å². The molecule has 1 aliphatic heterocycles. The van der Waals surface area contributed by atoms with Gasteiger partial charge in [0.15, 0.2) is 0 Å². The number of hydrogen-bond acceptors (Lipinski definition) is 4. The van der Waals surface area contributed by atoms with E-state index in [1.165, 1.54) is 7.11 Å². The van der Waals surface area contributed by atoms with Gasteiger partial charge in [-0.05, 0) is 37.6 Å². The molecular weight excluding hydrogens is 276 g/mol.